The van der Waals surface area contributed by atoms with Crippen molar-refractivity contribution in [3.05, 3.63) is 70.1 Å². The van der Waals surface area contributed by atoms with Gasteiger partial charge in [0.25, 0.3) is 0 Å². The van der Waals surface area contributed by atoms with Crippen molar-refractivity contribution in [2.45, 2.75) is 38.5 Å². The summed E-state index contributed by atoms with van der Waals surface area (Å²) in [6.07, 6.45) is 0.928. The molecule has 2 aromatic rings. The average Bonchev–Trinajstić information content (AvgIpc) is 3.35. The quantitative estimate of drug-likeness (QED) is 0.596. The second-order valence-electron chi connectivity index (χ2n) is 8.96. The van der Waals surface area contributed by atoms with E-state index < -0.39 is 11.9 Å². The lowest BCUT2D eigenvalue weighted by Gasteiger charge is -2.36. The topological polar surface area (TPSA) is 92.3 Å². The molecule has 0 bridgehead atoms. The number of carbonyl (C=O) groups excluding carboxylic acids is 2. The van der Waals surface area contributed by atoms with Gasteiger partial charge in [-0.15, -0.1) is 0 Å². The minimum atomic E-state index is -0.563. The molecule has 0 saturated carbocycles. The number of Topliss-reactive ketones (excluding diaryl/α,β-unsaturated/α-hetero) is 1. The fourth-order valence-electron chi connectivity index (χ4n) is 5.29. The van der Waals surface area contributed by atoms with Gasteiger partial charge in [0, 0.05) is 29.3 Å². The van der Waals surface area contributed by atoms with E-state index in [0.717, 1.165) is 16.8 Å². The molecule has 0 spiro atoms. The van der Waals surface area contributed by atoms with E-state index in [9.17, 15) is 9.59 Å². The highest BCUT2D eigenvalue weighted by atomic mass is 16.7. The molecule has 0 aromatic heterocycles. The zero-order valence-corrected chi connectivity index (χ0v) is 20.8. The molecule has 0 radical (unpaired) electrons. The third kappa shape index (κ3) is 4.06. The van der Waals surface area contributed by atoms with Crippen LogP contribution in [0.1, 0.15) is 49.7 Å². The van der Waals surface area contributed by atoms with E-state index in [1.54, 1.807) is 7.11 Å². The molecule has 5 rings (SSSR count). The summed E-state index contributed by atoms with van der Waals surface area (Å²) in [5.41, 5.74) is 4.27. The lowest BCUT2D eigenvalue weighted by molar-refractivity contribution is -0.136. The molecule has 2 unspecified atom stereocenters. The van der Waals surface area contributed by atoms with E-state index in [1.807, 2.05) is 50.2 Å². The van der Waals surface area contributed by atoms with E-state index in [0.29, 0.717) is 59.3 Å². The van der Waals surface area contributed by atoms with Crippen LogP contribution in [0.25, 0.3) is 0 Å². The Morgan fingerprint density at radius 2 is 1.81 bits per heavy atom. The molecule has 8 nitrogen and oxygen atoms in total. The van der Waals surface area contributed by atoms with Crippen molar-refractivity contribution in [1.29, 1.82) is 0 Å². The zero-order valence-electron chi connectivity index (χ0n) is 20.8. The van der Waals surface area contributed by atoms with Crippen LogP contribution in [0.3, 0.4) is 0 Å². The van der Waals surface area contributed by atoms with Gasteiger partial charge in [0.1, 0.15) is 0 Å². The van der Waals surface area contributed by atoms with E-state index in [2.05, 4.69) is 5.32 Å². The number of carbonyl (C=O) groups is 2. The average molecular weight is 492 g/mol. The number of hydrogen-bond acceptors (Lipinski definition) is 8. The first-order valence-electron chi connectivity index (χ1n) is 12.0. The Labute approximate surface area is 209 Å². The van der Waals surface area contributed by atoms with Crippen LogP contribution < -0.4 is 24.3 Å². The molecule has 1 N–H and O–H groups in total. The molecule has 3 aliphatic rings. The van der Waals surface area contributed by atoms with Gasteiger partial charge in [0.2, 0.25) is 6.79 Å². The Kier molecular flexibility index (Phi) is 6.35. The van der Waals surface area contributed by atoms with Crippen molar-refractivity contribution in [2.24, 2.45) is 0 Å². The summed E-state index contributed by atoms with van der Waals surface area (Å²) in [5, 5.41) is 3.35. The molecule has 0 saturated heterocycles. The number of rotatable bonds is 6. The molecule has 2 aromatic carbocycles. The van der Waals surface area contributed by atoms with E-state index in [4.69, 9.17) is 23.7 Å². The lowest BCUT2D eigenvalue weighted by Crippen LogP contribution is -2.36. The monoisotopic (exact) mass is 491 g/mol. The molecular formula is C28H29NO7. The van der Waals surface area contributed by atoms with E-state index in [-0.39, 0.29) is 18.5 Å². The summed E-state index contributed by atoms with van der Waals surface area (Å²) >= 11 is 0. The van der Waals surface area contributed by atoms with Gasteiger partial charge in [-0.2, -0.15) is 0 Å². The molecule has 0 amide bonds. The number of hydrogen-bond donors (Lipinski definition) is 1. The standard InChI is InChI=1S/C28H29NO7/c1-5-34-21-8-6-16(12-23(21)32-3)18-10-19-27(20(30)11-18)26(25(15(2)29-19)28(31)33-4)17-7-9-22-24(13-17)36-14-35-22/h6-9,12-13,18,26,29H,5,10-11,14H2,1-4H3. The van der Waals surface area contributed by atoms with Gasteiger partial charge in [0.15, 0.2) is 28.8 Å². The van der Waals surface area contributed by atoms with Gasteiger partial charge in [-0.25, -0.2) is 4.79 Å². The summed E-state index contributed by atoms with van der Waals surface area (Å²) in [4.78, 5) is 26.6. The number of ketones is 1. The highest BCUT2D eigenvalue weighted by molar-refractivity contribution is 6.04. The highest BCUT2D eigenvalue weighted by Gasteiger charge is 2.41. The third-order valence-corrected chi connectivity index (χ3v) is 6.92. The predicted molar refractivity (Wildman–Crippen MR) is 131 cm³/mol. The van der Waals surface area contributed by atoms with Gasteiger partial charge < -0.3 is 29.0 Å². The normalized spacial score (nSPS) is 20.6. The molecule has 0 fully saturated rings. The van der Waals surface area contributed by atoms with Crippen molar-refractivity contribution in [3.8, 4) is 23.0 Å². The maximum atomic E-state index is 13.7. The van der Waals surface area contributed by atoms with Crippen LogP contribution >= 0.6 is 0 Å². The highest BCUT2D eigenvalue weighted by Crippen LogP contribution is 2.48. The molecule has 2 aliphatic heterocycles. The van der Waals surface area contributed by atoms with Gasteiger partial charge >= 0.3 is 5.97 Å². The SMILES string of the molecule is CCOc1ccc(C2CC(=O)C3=C(C2)NC(C)=C(C(=O)OC)C3c2ccc3c(c2)OCO3)cc1OC. The minimum Gasteiger partial charge on any atom is -0.493 e. The molecule has 2 atom stereocenters. The first-order valence-corrected chi connectivity index (χ1v) is 12.0. The van der Waals surface area contributed by atoms with Crippen molar-refractivity contribution in [2.75, 3.05) is 27.6 Å². The predicted octanol–water partition coefficient (Wildman–Crippen LogP) is 4.36. The van der Waals surface area contributed by atoms with Crippen molar-refractivity contribution >= 4 is 11.8 Å². The summed E-state index contributed by atoms with van der Waals surface area (Å²) in [7, 11) is 2.96. The van der Waals surface area contributed by atoms with Crippen LogP contribution in [0, 0.1) is 0 Å². The Balaban J connectivity index is 1.55. The molecule has 8 heteroatoms. The maximum Gasteiger partial charge on any atom is 0.336 e. The van der Waals surface area contributed by atoms with Crippen LogP contribution in [-0.2, 0) is 14.3 Å². The number of ether oxygens (including phenoxy) is 5. The number of nitrogens with one attached hydrogen (secondary N) is 1. The first kappa shape index (κ1) is 23.8. The summed E-state index contributed by atoms with van der Waals surface area (Å²) in [5.74, 6) is 1.45. The molecule has 36 heavy (non-hydrogen) atoms. The molecule has 2 heterocycles. The Bertz CT molecular complexity index is 1290. The minimum absolute atomic E-state index is 0.0156. The van der Waals surface area contributed by atoms with Crippen molar-refractivity contribution in [3.63, 3.8) is 0 Å². The van der Waals surface area contributed by atoms with Crippen LogP contribution in [0.15, 0.2) is 58.9 Å². The number of methoxy groups -OCH3 is 2. The van der Waals surface area contributed by atoms with Gasteiger partial charge in [-0.05, 0) is 61.6 Å². The Hall–Kier alpha value is -3.94. The Morgan fingerprint density at radius 3 is 2.56 bits per heavy atom. The summed E-state index contributed by atoms with van der Waals surface area (Å²) in [6.45, 7) is 4.44. The van der Waals surface area contributed by atoms with Crippen LogP contribution in [0.4, 0.5) is 0 Å². The van der Waals surface area contributed by atoms with Gasteiger partial charge in [0.05, 0.1) is 26.4 Å². The van der Waals surface area contributed by atoms with Crippen LogP contribution in [0.2, 0.25) is 0 Å². The van der Waals surface area contributed by atoms with Crippen LogP contribution in [0.5, 0.6) is 23.0 Å². The molecule has 188 valence electrons. The fraction of sp³-hybridized carbons (Fsp3) is 0.357. The largest absolute Gasteiger partial charge is 0.493 e. The van der Waals surface area contributed by atoms with Crippen LogP contribution in [-0.4, -0.2) is 39.4 Å². The molecular weight excluding hydrogens is 462 g/mol. The summed E-state index contributed by atoms with van der Waals surface area (Å²) < 4.78 is 27.3. The zero-order chi connectivity index (χ0) is 25.4. The van der Waals surface area contributed by atoms with Gasteiger partial charge in [-0.3, -0.25) is 4.79 Å². The fourth-order valence-corrected chi connectivity index (χ4v) is 5.29. The third-order valence-electron chi connectivity index (χ3n) is 6.92. The maximum absolute atomic E-state index is 13.7. The first-order chi connectivity index (χ1) is 17.4. The van der Waals surface area contributed by atoms with E-state index >= 15 is 0 Å². The second kappa shape index (κ2) is 9.60. The lowest BCUT2D eigenvalue weighted by atomic mass is 9.71. The number of allylic oxidation sites excluding steroid dienone is 3. The van der Waals surface area contributed by atoms with Crippen molar-refractivity contribution in [1.82, 2.24) is 5.32 Å². The number of benzene rings is 2. The molecule has 1 aliphatic carbocycles. The van der Waals surface area contributed by atoms with Gasteiger partial charge in [-0.1, -0.05) is 12.1 Å². The summed E-state index contributed by atoms with van der Waals surface area (Å²) in [6, 6.07) is 11.3. The van der Waals surface area contributed by atoms with E-state index in [1.165, 1.54) is 7.11 Å². The number of dihydropyridines is 1. The number of esters is 1. The van der Waals surface area contributed by atoms with Crippen molar-refractivity contribution < 1.29 is 33.3 Å². The Morgan fingerprint density at radius 1 is 1.03 bits per heavy atom. The smallest absolute Gasteiger partial charge is 0.336 e. The number of fused-ring (bicyclic) bond motifs is 1. The second-order valence-corrected chi connectivity index (χ2v) is 8.96.